The summed E-state index contributed by atoms with van der Waals surface area (Å²) in [5.41, 5.74) is 0.761. The van der Waals surface area contributed by atoms with Crippen LogP contribution in [-0.2, 0) is 19.1 Å². The summed E-state index contributed by atoms with van der Waals surface area (Å²) in [6, 6.07) is 10.6. The first kappa shape index (κ1) is 22.5. The van der Waals surface area contributed by atoms with Crippen LogP contribution in [0.15, 0.2) is 42.5 Å². The van der Waals surface area contributed by atoms with Crippen molar-refractivity contribution in [2.75, 3.05) is 18.0 Å². The van der Waals surface area contributed by atoms with Gasteiger partial charge in [-0.05, 0) is 37.8 Å². The second-order valence-corrected chi connectivity index (χ2v) is 10.2. The molecule has 2 saturated heterocycles. The molecule has 5 rings (SSSR count). The van der Waals surface area contributed by atoms with Crippen molar-refractivity contribution in [2.24, 2.45) is 0 Å². The second kappa shape index (κ2) is 9.49. The van der Waals surface area contributed by atoms with Crippen LogP contribution in [0.5, 0.6) is 0 Å². The molecule has 0 atom stereocenters. The van der Waals surface area contributed by atoms with E-state index in [0.717, 1.165) is 43.8 Å². The van der Waals surface area contributed by atoms with E-state index in [1.807, 2.05) is 30.3 Å². The minimum atomic E-state index is -1.35. The van der Waals surface area contributed by atoms with Gasteiger partial charge < -0.3 is 14.4 Å². The van der Waals surface area contributed by atoms with Gasteiger partial charge >= 0.3 is 17.8 Å². The normalized spacial score (nSPS) is 26.4. The zero-order valence-electron chi connectivity index (χ0n) is 19.5. The molecule has 4 aliphatic rings. The lowest BCUT2D eigenvalue weighted by Crippen LogP contribution is -2.78. The maximum atomic E-state index is 12.3. The zero-order valence-corrected chi connectivity index (χ0v) is 19.5. The van der Waals surface area contributed by atoms with Gasteiger partial charge in [0.2, 0.25) is 0 Å². The fraction of sp³-hybridized carbons (Fsp3) is 0.630. The first-order chi connectivity index (χ1) is 16.1. The predicted octanol–water partition coefficient (Wildman–Crippen LogP) is 4.93. The Morgan fingerprint density at radius 2 is 1.30 bits per heavy atom. The molecule has 3 fully saturated rings. The highest BCUT2D eigenvalue weighted by Gasteiger charge is 2.67. The highest BCUT2D eigenvalue weighted by molar-refractivity contribution is 5.94. The molecule has 0 unspecified atom stereocenters. The summed E-state index contributed by atoms with van der Waals surface area (Å²) in [7, 11) is 0. The molecular formula is C27H36N2O4. The summed E-state index contributed by atoms with van der Waals surface area (Å²) < 4.78 is 11.5. The van der Waals surface area contributed by atoms with E-state index in [9.17, 15) is 9.59 Å². The third-order valence-corrected chi connectivity index (χ3v) is 8.08. The van der Waals surface area contributed by atoms with E-state index in [-0.39, 0.29) is 5.54 Å². The summed E-state index contributed by atoms with van der Waals surface area (Å²) in [4.78, 5) is 29.3. The average Bonchev–Trinajstić information content (AvgIpc) is 2.96. The Hall–Kier alpha value is -2.34. The first-order valence-electron chi connectivity index (χ1n) is 12.8. The van der Waals surface area contributed by atoms with Gasteiger partial charge in [-0.25, -0.2) is 9.59 Å². The Morgan fingerprint density at radius 3 is 1.88 bits per heavy atom. The second-order valence-electron chi connectivity index (χ2n) is 10.2. The Balaban J connectivity index is 1.33. The van der Waals surface area contributed by atoms with E-state index in [4.69, 9.17) is 9.47 Å². The van der Waals surface area contributed by atoms with Gasteiger partial charge in [0, 0.05) is 37.0 Å². The molecule has 178 valence electrons. The lowest BCUT2D eigenvalue weighted by Gasteiger charge is -2.65. The van der Waals surface area contributed by atoms with Crippen molar-refractivity contribution in [1.82, 2.24) is 4.90 Å². The summed E-state index contributed by atoms with van der Waals surface area (Å²) in [5, 5.41) is 0. The largest absolute Gasteiger partial charge is 0.400 e. The molecule has 1 aromatic carbocycles. The van der Waals surface area contributed by atoms with Crippen LogP contribution in [0.25, 0.3) is 0 Å². The van der Waals surface area contributed by atoms with Crippen molar-refractivity contribution in [2.45, 2.75) is 94.5 Å². The van der Waals surface area contributed by atoms with Crippen LogP contribution in [0.3, 0.4) is 0 Å². The Morgan fingerprint density at radius 1 is 0.758 bits per heavy atom. The van der Waals surface area contributed by atoms with E-state index in [2.05, 4.69) is 9.80 Å². The molecule has 6 nitrogen and oxygen atoms in total. The third kappa shape index (κ3) is 4.54. The van der Waals surface area contributed by atoms with Crippen molar-refractivity contribution >= 4 is 17.6 Å². The van der Waals surface area contributed by atoms with Gasteiger partial charge in [-0.2, -0.15) is 0 Å². The summed E-state index contributed by atoms with van der Waals surface area (Å²) in [5.74, 6) is -2.41. The van der Waals surface area contributed by atoms with Gasteiger partial charge in [0.05, 0.1) is 12.0 Å². The maximum absolute atomic E-state index is 12.3. The zero-order chi connectivity index (χ0) is 22.7. The molecule has 1 aromatic rings. The van der Waals surface area contributed by atoms with Crippen molar-refractivity contribution in [3.63, 3.8) is 0 Å². The van der Waals surface area contributed by atoms with E-state index >= 15 is 0 Å². The number of benzene rings is 1. The summed E-state index contributed by atoms with van der Waals surface area (Å²) in [6.07, 6.45) is 17.0. The minimum absolute atomic E-state index is 0.168. The summed E-state index contributed by atoms with van der Waals surface area (Å²) >= 11 is 0. The van der Waals surface area contributed by atoms with Gasteiger partial charge in [-0.3, -0.25) is 4.90 Å². The number of piperidine rings is 1. The molecule has 0 N–H and O–H groups in total. The average molecular weight is 453 g/mol. The van der Waals surface area contributed by atoms with Crippen molar-refractivity contribution in [1.29, 1.82) is 0 Å². The molecule has 6 heteroatoms. The molecule has 0 radical (unpaired) electrons. The lowest BCUT2D eigenvalue weighted by atomic mass is 9.72. The highest BCUT2D eigenvalue weighted by atomic mass is 16.8. The highest BCUT2D eigenvalue weighted by Crippen LogP contribution is 2.55. The van der Waals surface area contributed by atoms with Crippen molar-refractivity contribution < 1.29 is 19.1 Å². The van der Waals surface area contributed by atoms with Crippen LogP contribution in [-0.4, -0.2) is 47.4 Å². The van der Waals surface area contributed by atoms with Gasteiger partial charge in [-0.15, -0.1) is 0 Å². The molecule has 1 saturated carbocycles. The number of likely N-dealkylation sites (tertiary alicyclic amines) is 1. The molecule has 0 aromatic heterocycles. The molecule has 1 aliphatic carbocycles. The fourth-order valence-corrected chi connectivity index (χ4v) is 6.45. The maximum Gasteiger partial charge on any atom is 0.345 e. The number of hydrogen-bond acceptors (Lipinski definition) is 6. The summed E-state index contributed by atoms with van der Waals surface area (Å²) in [6.45, 7) is 2.06. The quantitative estimate of drug-likeness (QED) is 0.593. The van der Waals surface area contributed by atoms with Gasteiger partial charge in [-0.1, -0.05) is 63.1 Å². The molecule has 0 amide bonds. The van der Waals surface area contributed by atoms with Crippen LogP contribution in [0.1, 0.15) is 77.0 Å². The van der Waals surface area contributed by atoms with Crippen LogP contribution in [0, 0.1) is 0 Å². The SMILES string of the molecule is O=C1C=CC(=O)OC2(CC3(CCN(C4CCCCCCCCC4)CC3)N2c2ccccc2)O1. The number of esters is 2. The Bertz CT molecular complexity index is 845. The Kier molecular flexibility index (Phi) is 6.46. The van der Waals surface area contributed by atoms with Crippen molar-refractivity contribution in [3.05, 3.63) is 42.5 Å². The number of rotatable bonds is 2. The smallest absolute Gasteiger partial charge is 0.345 e. The molecule has 2 spiro atoms. The minimum Gasteiger partial charge on any atom is -0.400 e. The van der Waals surface area contributed by atoms with E-state index < -0.39 is 17.8 Å². The van der Waals surface area contributed by atoms with Crippen LogP contribution >= 0.6 is 0 Å². The van der Waals surface area contributed by atoms with Crippen LogP contribution < -0.4 is 4.90 Å². The topological polar surface area (TPSA) is 59.1 Å². The fourth-order valence-electron chi connectivity index (χ4n) is 6.45. The van der Waals surface area contributed by atoms with E-state index in [0.29, 0.717) is 12.5 Å². The Labute approximate surface area is 196 Å². The molecule has 0 bridgehead atoms. The molecular weight excluding hydrogens is 416 g/mol. The molecule has 33 heavy (non-hydrogen) atoms. The van der Waals surface area contributed by atoms with E-state index in [1.54, 1.807) is 0 Å². The van der Waals surface area contributed by atoms with Crippen LogP contribution in [0.4, 0.5) is 5.69 Å². The number of anilines is 1. The van der Waals surface area contributed by atoms with Gasteiger partial charge in [0.25, 0.3) is 0 Å². The third-order valence-electron chi connectivity index (χ3n) is 8.08. The standard InChI is InChI=1S/C27H36N2O4/c30-24-15-16-25(31)33-27(32-24)21-26(29(27)23-13-9-6-10-14-23)17-19-28(20-18-26)22-11-7-4-2-1-3-5-8-12-22/h6,9-10,13-16,22H,1-5,7-8,11-12,17-21H2. The van der Waals surface area contributed by atoms with Gasteiger partial charge in [0.15, 0.2) is 0 Å². The number of carbonyl (C=O) groups is 2. The number of nitrogens with zero attached hydrogens (tertiary/aromatic N) is 2. The predicted molar refractivity (Wildman–Crippen MR) is 126 cm³/mol. The monoisotopic (exact) mass is 452 g/mol. The molecule has 3 aliphatic heterocycles. The lowest BCUT2D eigenvalue weighted by molar-refractivity contribution is -0.267. The van der Waals surface area contributed by atoms with Gasteiger partial charge in [0.1, 0.15) is 0 Å². The van der Waals surface area contributed by atoms with E-state index in [1.165, 1.54) is 57.8 Å². The number of carbonyl (C=O) groups excluding carboxylic acids is 2. The first-order valence-corrected chi connectivity index (χ1v) is 12.8. The number of para-hydroxylation sites is 1. The van der Waals surface area contributed by atoms with Crippen molar-refractivity contribution in [3.8, 4) is 0 Å². The number of ether oxygens (including phenoxy) is 2. The van der Waals surface area contributed by atoms with Crippen LogP contribution in [0.2, 0.25) is 0 Å². The molecule has 3 heterocycles. The number of hydrogen-bond donors (Lipinski definition) is 0.